The van der Waals surface area contributed by atoms with E-state index in [-0.39, 0.29) is 12.1 Å². The van der Waals surface area contributed by atoms with Gasteiger partial charge in [-0.15, -0.1) is 0 Å². The first kappa shape index (κ1) is 10.7. The third-order valence-corrected chi connectivity index (χ3v) is 2.47. The van der Waals surface area contributed by atoms with E-state index < -0.39 is 0 Å². The lowest BCUT2D eigenvalue weighted by Gasteiger charge is -2.31. The highest BCUT2D eigenvalue weighted by molar-refractivity contribution is 7.80. The van der Waals surface area contributed by atoms with Crippen LogP contribution in [0.5, 0.6) is 0 Å². The van der Waals surface area contributed by atoms with Gasteiger partial charge in [-0.25, -0.2) is 0 Å². The minimum atomic E-state index is 0.0973. The lowest BCUT2D eigenvalue weighted by atomic mass is 10.1. The Labute approximate surface area is 84.0 Å². The summed E-state index contributed by atoms with van der Waals surface area (Å²) in [6.07, 6.45) is 1.03. The lowest BCUT2D eigenvalue weighted by molar-refractivity contribution is -0.0456. The first-order chi connectivity index (χ1) is 6.27. The third kappa shape index (κ3) is 3.10. The number of nitrogens with one attached hydrogen (secondary N) is 2. The Morgan fingerprint density at radius 1 is 1.62 bits per heavy atom. The summed E-state index contributed by atoms with van der Waals surface area (Å²) in [6, 6.07) is 0.263. The van der Waals surface area contributed by atoms with Crippen LogP contribution in [0.4, 0.5) is 0 Å². The number of rotatable bonds is 2. The fourth-order valence-corrected chi connectivity index (χ4v) is 1.50. The van der Waals surface area contributed by atoms with Crippen molar-refractivity contribution in [1.82, 2.24) is 10.6 Å². The molecule has 1 aliphatic heterocycles. The lowest BCUT2D eigenvalue weighted by Crippen LogP contribution is -2.51. The number of methoxy groups -OCH3 is 1. The predicted octanol–water partition coefficient (Wildman–Crippen LogP) is -0.116. The van der Waals surface area contributed by atoms with E-state index in [0.29, 0.717) is 11.7 Å². The van der Waals surface area contributed by atoms with Gasteiger partial charge in [-0.1, -0.05) is 0 Å². The summed E-state index contributed by atoms with van der Waals surface area (Å²) < 4.78 is 10.6. The van der Waals surface area contributed by atoms with Crippen LogP contribution >= 0.6 is 12.2 Å². The first-order valence-electron chi connectivity index (χ1n) is 4.36. The van der Waals surface area contributed by atoms with Crippen molar-refractivity contribution >= 4 is 17.3 Å². The molecule has 76 valence electrons. The molecular formula is C8H16N2O2S. The average molecular weight is 204 g/mol. The topological polar surface area (TPSA) is 42.5 Å². The highest BCUT2D eigenvalue weighted by atomic mass is 32.1. The Morgan fingerprint density at radius 3 is 3.00 bits per heavy atom. The zero-order valence-electron chi connectivity index (χ0n) is 8.00. The van der Waals surface area contributed by atoms with Gasteiger partial charge in [0.15, 0.2) is 5.11 Å². The second kappa shape index (κ2) is 5.36. The molecule has 1 fully saturated rings. The van der Waals surface area contributed by atoms with Crippen LogP contribution < -0.4 is 10.6 Å². The van der Waals surface area contributed by atoms with Gasteiger partial charge in [-0.3, -0.25) is 0 Å². The largest absolute Gasteiger partial charge is 0.379 e. The second-order valence-electron chi connectivity index (χ2n) is 2.97. The molecule has 5 heteroatoms. The van der Waals surface area contributed by atoms with Crippen LogP contribution in [0, 0.1) is 0 Å². The Morgan fingerprint density at radius 2 is 2.38 bits per heavy atom. The van der Waals surface area contributed by atoms with Gasteiger partial charge in [-0.2, -0.15) is 0 Å². The maximum absolute atomic E-state index is 5.29. The molecule has 0 aromatic heterocycles. The van der Waals surface area contributed by atoms with E-state index in [9.17, 15) is 0 Å². The molecule has 1 saturated heterocycles. The second-order valence-corrected chi connectivity index (χ2v) is 3.38. The molecule has 2 N–H and O–H groups in total. The van der Waals surface area contributed by atoms with E-state index in [0.717, 1.165) is 13.0 Å². The summed E-state index contributed by atoms with van der Waals surface area (Å²) in [5.41, 5.74) is 0. The predicted molar refractivity (Wildman–Crippen MR) is 54.8 cm³/mol. The molecule has 1 rings (SSSR count). The van der Waals surface area contributed by atoms with Crippen LogP contribution in [0.1, 0.15) is 6.42 Å². The molecule has 1 aliphatic rings. The Bertz CT molecular complexity index is 178. The molecule has 4 nitrogen and oxygen atoms in total. The molecule has 0 saturated carbocycles. The van der Waals surface area contributed by atoms with Crippen molar-refractivity contribution in [3.05, 3.63) is 0 Å². The maximum atomic E-state index is 5.29. The van der Waals surface area contributed by atoms with E-state index in [1.165, 1.54) is 0 Å². The van der Waals surface area contributed by atoms with E-state index in [2.05, 4.69) is 10.6 Å². The molecule has 0 aliphatic carbocycles. The zero-order valence-corrected chi connectivity index (χ0v) is 8.82. The standard InChI is InChI=1S/C8H16N2O2S/c1-9-8(13)10-6-3-4-12-5-7(6)11-2/h6-7H,3-5H2,1-2H3,(H2,9,10,13). The van der Waals surface area contributed by atoms with Crippen LogP contribution in [-0.4, -0.2) is 44.6 Å². The number of hydrogen-bond acceptors (Lipinski definition) is 3. The SMILES string of the molecule is CNC(=S)NC1CCOCC1OC. The van der Waals surface area contributed by atoms with Crippen LogP contribution in [0.3, 0.4) is 0 Å². The fraction of sp³-hybridized carbons (Fsp3) is 0.875. The molecule has 13 heavy (non-hydrogen) atoms. The summed E-state index contributed by atoms with van der Waals surface area (Å²) >= 11 is 5.02. The Kier molecular flexibility index (Phi) is 4.41. The zero-order chi connectivity index (χ0) is 9.68. The number of ether oxygens (including phenoxy) is 2. The van der Waals surface area contributed by atoms with Crippen molar-refractivity contribution in [3.63, 3.8) is 0 Å². The van der Waals surface area contributed by atoms with E-state index >= 15 is 0 Å². The highest BCUT2D eigenvalue weighted by Crippen LogP contribution is 2.10. The summed E-state index contributed by atoms with van der Waals surface area (Å²) in [4.78, 5) is 0. The summed E-state index contributed by atoms with van der Waals surface area (Å²) in [7, 11) is 3.49. The maximum Gasteiger partial charge on any atom is 0.166 e. The highest BCUT2D eigenvalue weighted by Gasteiger charge is 2.25. The molecule has 0 spiro atoms. The molecule has 0 bridgehead atoms. The van der Waals surface area contributed by atoms with Crippen molar-refractivity contribution in [1.29, 1.82) is 0 Å². The molecule has 2 unspecified atom stereocenters. The molecule has 0 aromatic carbocycles. The van der Waals surface area contributed by atoms with Gasteiger partial charge in [0.2, 0.25) is 0 Å². The fourth-order valence-electron chi connectivity index (χ4n) is 1.35. The first-order valence-corrected chi connectivity index (χ1v) is 4.77. The van der Waals surface area contributed by atoms with Crippen molar-refractivity contribution in [3.8, 4) is 0 Å². The molecule has 0 amide bonds. The summed E-state index contributed by atoms with van der Waals surface area (Å²) in [5.74, 6) is 0. The smallest absolute Gasteiger partial charge is 0.166 e. The molecule has 2 atom stereocenters. The van der Waals surface area contributed by atoms with Crippen molar-refractivity contribution in [2.24, 2.45) is 0 Å². The third-order valence-electron chi connectivity index (χ3n) is 2.15. The van der Waals surface area contributed by atoms with Gasteiger partial charge >= 0.3 is 0 Å². The normalized spacial score (nSPS) is 28.2. The van der Waals surface area contributed by atoms with Crippen LogP contribution in [0.15, 0.2) is 0 Å². The summed E-state index contributed by atoms with van der Waals surface area (Å²) in [6.45, 7) is 1.41. The van der Waals surface area contributed by atoms with Gasteiger partial charge in [0.25, 0.3) is 0 Å². The van der Waals surface area contributed by atoms with Gasteiger partial charge < -0.3 is 20.1 Å². The van der Waals surface area contributed by atoms with E-state index in [1.54, 1.807) is 14.2 Å². The van der Waals surface area contributed by atoms with E-state index in [4.69, 9.17) is 21.7 Å². The van der Waals surface area contributed by atoms with Crippen LogP contribution in [-0.2, 0) is 9.47 Å². The quantitative estimate of drug-likeness (QED) is 0.614. The minimum Gasteiger partial charge on any atom is -0.379 e. The van der Waals surface area contributed by atoms with Crippen molar-refractivity contribution in [2.75, 3.05) is 27.4 Å². The van der Waals surface area contributed by atoms with Gasteiger partial charge in [0.1, 0.15) is 6.10 Å². The number of hydrogen-bond donors (Lipinski definition) is 2. The van der Waals surface area contributed by atoms with Gasteiger partial charge in [0.05, 0.1) is 12.6 Å². The Balaban J connectivity index is 2.40. The molecule has 0 aromatic rings. The molecular weight excluding hydrogens is 188 g/mol. The van der Waals surface area contributed by atoms with E-state index in [1.807, 2.05) is 0 Å². The average Bonchev–Trinajstić information content (AvgIpc) is 2.18. The van der Waals surface area contributed by atoms with Gasteiger partial charge in [0, 0.05) is 20.8 Å². The van der Waals surface area contributed by atoms with Crippen LogP contribution in [0.2, 0.25) is 0 Å². The van der Waals surface area contributed by atoms with Crippen molar-refractivity contribution < 1.29 is 9.47 Å². The Hall–Kier alpha value is -0.390. The monoisotopic (exact) mass is 204 g/mol. The molecule has 0 radical (unpaired) electrons. The minimum absolute atomic E-state index is 0.0973. The van der Waals surface area contributed by atoms with Gasteiger partial charge in [-0.05, 0) is 18.6 Å². The van der Waals surface area contributed by atoms with Crippen molar-refractivity contribution in [2.45, 2.75) is 18.6 Å². The van der Waals surface area contributed by atoms with Crippen LogP contribution in [0.25, 0.3) is 0 Å². The summed E-state index contributed by atoms with van der Waals surface area (Å²) in [5, 5.41) is 6.73. The number of thiocarbonyl (C=S) groups is 1. The molecule has 1 heterocycles.